The second-order valence-corrected chi connectivity index (χ2v) is 6.83. The predicted molar refractivity (Wildman–Crippen MR) is 99.2 cm³/mol. The van der Waals surface area contributed by atoms with E-state index in [1.807, 2.05) is 0 Å². The van der Waals surface area contributed by atoms with E-state index in [1.54, 1.807) is 6.92 Å². The molecule has 0 spiro atoms. The lowest BCUT2D eigenvalue weighted by atomic mass is 10.1. The minimum Gasteiger partial charge on any atom is -0.338 e. The van der Waals surface area contributed by atoms with Crippen molar-refractivity contribution in [2.75, 3.05) is 0 Å². The Bertz CT molecular complexity index is 1080. The van der Waals surface area contributed by atoms with Crippen LogP contribution >= 0.6 is 0 Å². The van der Waals surface area contributed by atoms with Gasteiger partial charge in [0, 0.05) is 13.2 Å². The van der Waals surface area contributed by atoms with Crippen molar-refractivity contribution < 1.29 is 31.5 Å². The average molecular weight is 443 g/mol. The predicted octanol–water partition coefficient (Wildman–Crippen LogP) is 3.79. The van der Waals surface area contributed by atoms with Gasteiger partial charge in [0.2, 0.25) is 0 Å². The Labute approximate surface area is 173 Å². The number of alkyl halides is 5. The van der Waals surface area contributed by atoms with E-state index in [-0.39, 0.29) is 17.0 Å². The van der Waals surface area contributed by atoms with Gasteiger partial charge in [0.05, 0.1) is 34.6 Å². The fourth-order valence-corrected chi connectivity index (χ4v) is 3.03. The molecule has 0 aliphatic rings. The molecule has 1 aromatic carbocycles. The van der Waals surface area contributed by atoms with Crippen LogP contribution in [0, 0.1) is 6.92 Å². The first-order chi connectivity index (χ1) is 14.5. The second-order valence-electron chi connectivity index (χ2n) is 6.83. The standard InChI is InChI=1S/C19H18F5N5O2/c1-9-7-26-13(8-25-9)17(30)28-15(10(2)31-18(20)21)16-27-12-6-11(19(22,23)24)4-5-14(12)29(16)3/h4-8,10,15,18H,1-3H3,(H,28,30)/t10-,15+/m1/s1. The Morgan fingerprint density at radius 1 is 1.19 bits per heavy atom. The molecule has 0 unspecified atom stereocenters. The summed E-state index contributed by atoms with van der Waals surface area (Å²) < 4.78 is 70.7. The largest absolute Gasteiger partial charge is 0.416 e. The van der Waals surface area contributed by atoms with Crippen LogP contribution in [0.4, 0.5) is 22.0 Å². The molecule has 0 aliphatic carbocycles. The molecule has 2 heterocycles. The fourth-order valence-electron chi connectivity index (χ4n) is 3.03. The van der Waals surface area contributed by atoms with Crippen LogP contribution in [0.25, 0.3) is 11.0 Å². The van der Waals surface area contributed by atoms with Crippen molar-refractivity contribution in [3.8, 4) is 0 Å². The molecule has 1 N–H and O–H groups in total. The van der Waals surface area contributed by atoms with Crippen LogP contribution < -0.4 is 5.32 Å². The topological polar surface area (TPSA) is 81.9 Å². The molecule has 3 aromatic rings. The molecule has 0 fully saturated rings. The fraction of sp³-hybridized carbons (Fsp3) is 0.368. The lowest BCUT2D eigenvalue weighted by molar-refractivity contribution is -0.165. The van der Waals surface area contributed by atoms with Crippen molar-refractivity contribution in [1.82, 2.24) is 24.8 Å². The molecular formula is C19H18F5N5O2. The molecular weight excluding hydrogens is 425 g/mol. The SMILES string of the molecule is Cc1cnc(C(=O)N[C@H](c2nc3cc(C(F)(F)F)ccc3n2C)[C@@H](C)OC(F)F)cn1. The maximum absolute atomic E-state index is 13.0. The number of carbonyl (C=O) groups is 1. The molecule has 166 valence electrons. The third-order valence-corrected chi connectivity index (χ3v) is 4.61. The van der Waals surface area contributed by atoms with Crippen LogP contribution in [-0.2, 0) is 18.0 Å². The monoisotopic (exact) mass is 443 g/mol. The average Bonchev–Trinajstić information content (AvgIpc) is 3.01. The lowest BCUT2D eigenvalue weighted by Gasteiger charge is -2.24. The molecule has 2 atom stereocenters. The zero-order chi connectivity index (χ0) is 22.9. The number of benzene rings is 1. The Hall–Kier alpha value is -3.15. The van der Waals surface area contributed by atoms with E-state index in [0.29, 0.717) is 11.2 Å². The molecule has 0 bridgehead atoms. The van der Waals surface area contributed by atoms with Gasteiger partial charge in [-0.05, 0) is 32.0 Å². The highest BCUT2D eigenvalue weighted by Crippen LogP contribution is 2.32. The molecule has 0 aliphatic heterocycles. The number of fused-ring (bicyclic) bond motifs is 1. The number of carbonyl (C=O) groups excluding carboxylic acids is 1. The van der Waals surface area contributed by atoms with Crippen molar-refractivity contribution >= 4 is 16.9 Å². The highest BCUT2D eigenvalue weighted by Gasteiger charge is 2.33. The van der Waals surface area contributed by atoms with Crippen LogP contribution in [0.1, 0.15) is 40.5 Å². The van der Waals surface area contributed by atoms with E-state index in [0.717, 1.165) is 12.1 Å². The van der Waals surface area contributed by atoms with Crippen molar-refractivity contribution in [2.45, 2.75) is 38.8 Å². The van der Waals surface area contributed by atoms with Gasteiger partial charge in [0.25, 0.3) is 5.91 Å². The quantitative estimate of drug-likeness (QED) is 0.587. The number of imidazole rings is 1. The second kappa shape index (κ2) is 8.53. The third-order valence-electron chi connectivity index (χ3n) is 4.61. The summed E-state index contributed by atoms with van der Waals surface area (Å²) in [5.41, 5.74) is -0.0964. The highest BCUT2D eigenvalue weighted by atomic mass is 19.4. The zero-order valence-corrected chi connectivity index (χ0v) is 16.6. The molecule has 3 rings (SSSR count). The van der Waals surface area contributed by atoms with Gasteiger partial charge in [-0.2, -0.15) is 22.0 Å². The highest BCUT2D eigenvalue weighted by molar-refractivity contribution is 5.92. The van der Waals surface area contributed by atoms with Gasteiger partial charge in [-0.1, -0.05) is 0 Å². The Balaban J connectivity index is 2.02. The minimum atomic E-state index is -4.57. The normalized spacial score (nSPS) is 14.1. The van der Waals surface area contributed by atoms with Gasteiger partial charge in [-0.15, -0.1) is 0 Å². The van der Waals surface area contributed by atoms with Crippen molar-refractivity contribution in [3.63, 3.8) is 0 Å². The maximum atomic E-state index is 13.0. The van der Waals surface area contributed by atoms with Crippen LogP contribution in [-0.4, -0.2) is 38.1 Å². The maximum Gasteiger partial charge on any atom is 0.416 e. The van der Waals surface area contributed by atoms with Crippen LogP contribution in [0.3, 0.4) is 0 Å². The Kier molecular flexibility index (Phi) is 6.20. The summed E-state index contributed by atoms with van der Waals surface area (Å²) in [6, 6.07) is 1.75. The van der Waals surface area contributed by atoms with Crippen molar-refractivity contribution in [1.29, 1.82) is 0 Å². The molecule has 7 nitrogen and oxygen atoms in total. The molecule has 12 heteroatoms. The van der Waals surface area contributed by atoms with E-state index in [1.165, 1.54) is 37.0 Å². The number of aryl methyl sites for hydroxylation is 2. The number of hydrogen-bond acceptors (Lipinski definition) is 5. The van der Waals surface area contributed by atoms with E-state index in [2.05, 4.69) is 25.0 Å². The van der Waals surface area contributed by atoms with Gasteiger partial charge >= 0.3 is 12.8 Å². The number of ether oxygens (including phenoxy) is 1. The van der Waals surface area contributed by atoms with Crippen LogP contribution in [0.15, 0.2) is 30.6 Å². The van der Waals surface area contributed by atoms with E-state index in [4.69, 9.17) is 0 Å². The van der Waals surface area contributed by atoms with E-state index < -0.39 is 36.4 Å². The van der Waals surface area contributed by atoms with Crippen LogP contribution in [0.2, 0.25) is 0 Å². The van der Waals surface area contributed by atoms with E-state index >= 15 is 0 Å². The number of nitrogens with zero attached hydrogens (tertiary/aromatic N) is 4. The number of rotatable bonds is 6. The lowest BCUT2D eigenvalue weighted by Crippen LogP contribution is -2.39. The van der Waals surface area contributed by atoms with Gasteiger partial charge < -0.3 is 14.6 Å². The molecule has 0 saturated carbocycles. The van der Waals surface area contributed by atoms with Gasteiger partial charge in [-0.3, -0.25) is 9.78 Å². The summed E-state index contributed by atoms with van der Waals surface area (Å²) in [7, 11) is 1.50. The minimum absolute atomic E-state index is 0.00838. The molecule has 0 radical (unpaired) electrons. The molecule has 31 heavy (non-hydrogen) atoms. The first kappa shape index (κ1) is 22.5. The van der Waals surface area contributed by atoms with Crippen LogP contribution in [0.5, 0.6) is 0 Å². The Morgan fingerprint density at radius 3 is 2.48 bits per heavy atom. The molecule has 2 aromatic heterocycles. The number of hydrogen-bond donors (Lipinski definition) is 1. The summed E-state index contributed by atoms with van der Waals surface area (Å²) in [6.07, 6.45) is -3.27. The first-order valence-corrected chi connectivity index (χ1v) is 9.04. The third kappa shape index (κ3) is 4.95. The zero-order valence-electron chi connectivity index (χ0n) is 16.6. The van der Waals surface area contributed by atoms with Crippen molar-refractivity contribution in [2.24, 2.45) is 7.05 Å². The summed E-state index contributed by atoms with van der Waals surface area (Å²) in [5, 5.41) is 2.52. The smallest absolute Gasteiger partial charge is 0.338 e. The van der Waals surface area contributed by atoms with Gasteiger partial charge in [-0.25, -0.2) is 9.97 Å². The number of aromatic nitrogens is 4. The summed E-state index contributed by atoms with van der Waals surface area (Å²) in [6.45, 7) is -0.177. The number of nitrogens with one attached hydrogen (secondary N) is 1. The van der Waals surface area contributed by atoms with Gasteiger partial charge in [0.1, 0.15) is 17.6 Å². The molecule has 0 saturated heterocycles. The summed E-state index contributed by atoms with van der Waals surface area (Å²) in [5.74, 6) is -0.693. The van der Waals surface area contributed by atoms with Gasteiger partial charge in [0.15, 0.2) is 0 Å². The Morgan fingerprint density at radius 2 is 1.90 bits per heavy atom. The van der Waals surface area contributed by atoms with Crippen molar-refractivity contribution in [3.05, 3.63) is 53.4 Å². The summed E-state index contributed by atoms with van der Waals surface area (Å²) in [4.78, 5) is 24.7. The summed E-state index contributed by atoms with van der Waals surface area (Å²) >= 11 is 0. The molecule has 1 amide bonds. The number of halogens is 5. The first-order valence-electron chi connectivity index (χ1n) is 9.04. The number of amides is 1. The van der Waals surface area contributed by atoms with E-state index in [9.17, 15) is 26.7 Å².